The lowest BCUT2D eigenvalue weighted by molar-refractivity contribution is -0.896. The van der Waals surface area contributed by atoms with Crippen LogP contribution in [-0.2, 0) is 6.54 Å². The highest BCUT2D eigenvalue weighted by Crippen LogP contribution is 2.14. The molecule has 0 radical (unpaired) electrons. The number of benzene rings is 1. The van der Waals surface area contributed by atoms with Gasteiger partial charge in [-0.1, -0.05) is 18.6 Å². The van der Waals surface area contributed by atoms with Crippen molar-refractivity contribution < 1.29 is 4.90 Å². The fourth-order valence-electron chi connectivity index (χ4n) is 3.47. The summed E-state index contributed by atoms with van der Waals surface area (Å²) in [6.07, 6.45) is 2.05. The zero-order chi connectivity index (χ0) is 21.4. The SMILES string of the molecule is CC[C@H](C)NC(=S)N(CCC[NH+](CC)CC)Cc1cc2cc(C)ccc2[nH]c1=O. The fraction of sp³-hybridized carbons (Fsp3) is 0.565. The second kappa shape index (κ2) is 11.3. The molecule has 0 aliphatic carbocycles. The van der Waals surface area contributed by atoms with E-state index < -0.39 is 0 Å². The third kappa shape index (κ3) is 6.82. The van der Waals surface area contributed by atoms with Gasteiger partial charge in [-0.3, -0.25) is 4.79 Å². The Morgan fingerprint density at radius 1 is 1.24 bits per heavy atom. The predicted molar refractivity (Wildman–Crippen MR) is 127 cm³/mol. The number of rotatable bonds is 10. The number of nitrogens with one attached hydrogen (secondary N) is 3. The van der Waals surface area contributed by atoms with Crippen molar-refractivity contribution in [3.05, 3.63) is 45.7 Å². The van der Waals surface area contributed by atoms with E-state index in [2.05, 4.69) is 55.9 Å². The van der Waals surface area contributed by atoms with E-state index in [-0.39, 0.29) is 5.56 Å². The first kappa shape index (κ1) is 23.4. The summed E-state index contributed by atoms with van der Waals surface area (Å²) in [4.78, 5) is 19.4. The van der Waals surface area contributed by atoms with Crippen molar-refractivity contribution in [1.82, 2.24) is 15.2 Å². The van der Waals surface area contributed by atoms with Crippen molar-refractivity contribution in [3.8, 4) is 0 Å². The zero-order valence-electron chi connectivity index (χ0n) is 18.6. The van der Waals surface area contributed by atoms with Crippen molar-refractivity contribution in [2.45, 2.75) is 60.0 Å². The minimum absolute atomic E-state index is 0.0351. The predicted octanol–water partition coefficient (Wildman–Crippen LogP) is 2.63. The van der Waals surface area contributed by atoms with Crippen LogP contribution in [0, 0.1) is 6.92 Å². The Balaban J connectivity index is 2.21. The van der Waals surface area contributed by atoms with Crippen LogP contribution in [0.2, 0.25) is 0 Å². The average molecular weight is 418 g/mol. The number of hydrogen-bond acceptors (Lipinski definition) is 2. The number of quaternary nitrogens is 1. The summed E-state index contributed by atoms with van der Waals surface area (Å²) < 4.78 is 0. The highest BCUT2D eigenvalue weighted by Gasteiger charge is 2.15. The highest BCUT2D eigenvalue weighted by atomic mass is 32.1. The van der Waals surface area contributed by atoms with Gasteiger partial charge in [-0.25, -0.2) is 0 Å². The van der Waals surface area contributed by atoms with Gasteiger partial charge in [0.1, 0.15) is 0 Å². The first-order valence-corrected chi connectivity index (χ1v) is 11.3. The van der Waals surface area contributed by atoms with Crippen LogP contribution in [0.25, 0.3) is 10.9 Å². The van der Waals surface area contributed by atoms with E-state index in [9.17, 15) is 4.79 Å². The minimum atomic E-state index is -0.0351. The molecule has 5 nitrogen and oxygen atoms in total. The number of aryl methyl sites for hydroxylation is 1. The second-order valence-electron chi connectivity index (χ2n) is 7.96. The summed E-state index contributed by atoms with van der Waals surface area (Å²) in [6.45, 7) is 15.5. The van der Waals surface area contributed by atoms with Gasteiger partial charge in [0, 0.05) is 30.1 Å². The van der Waals surface area contributed by atoms with Crippen molar-refractivity contribution in [2.24, 2.45) is 0 Å². The zero-order valence-corrected chi connectivity index (χ0v) is 19.4. The van der Waals surface area contributed by atoms with E-state index in [1.807, 2.05) is 18.2 Å². The third-order valence-electron chi connectivity index (χ3n) is 5.67. The summed E-state index contributed by atoms with van der Waals surface area (Å²) >= 11 is 5.71. The number of pyridine rings is 1. The Morgan fingerprint density at radius 3 is 2.62 bits per heavy atom. The molecule has 0 spiro atoms. The number of thiocarbonyl (C=S) groups is 1. The molecule has 0 saturated heterocycles. The van der Waals surface area contributed by atoms with Gasteiger partial charge >= 0.3 is 0 Å². The van der Waals surface area contributed by atoms with Crippen molar-refractivity contribution in [3.63, 3.8) is 0 Å². The first-order valence-electron chi connectivity index (χ1n) is 10.9. The maximum absolute atomic E-state index is 12.7. The lowest BCUT2D eigenvalue weighted by atomic mass is 10.1. The Bertz CT molecular complexity index is 860. The van der Waals surface area contributed by atoms with Crippen molar-refractivity contribution >= 4 is 28.2 Å². The van der Waals surface area contributed by atoms with E-state index in [0.29, 0.717) is 12.6 Å². The lowest BCUT2D eigenvalue weighted by Gasteiger charge is -2.28. The molecule has 1 atom stereocenters. The smallest absolute Gasteiger partial charge is 0.253 e. The van der Waals surface area contributed by atoms with Gasteiger partial charge in [0.15, 0.2) is 5.11 Å². The molecule has 0 aliphatic rings. The number of nitrogens with zero attached hydrogens (tertiary/aromatic N) is 1. The summed E-state index contributed by atoms with van der Waals surface area (Å²) in [5, 5.41) is 5.22. The van der Waals surface area contributed by atoms with Crippen LogP contribution in [0.15, 0.2) is 29.1 Å². The Hall–Kier alpha value is -1.92. The second-order valence-corrected chi connectivity index (χ2v) is 8.34. The van der Waals surface area contributed by atoms with Crippen molar-refractivity contribution in [1.29, 1.82) is 0 Å². The monoisotopic (exact) mass is 417 g/mol. The molecule has 2 aromatic rings. The van der Waals surface area contributed by atoms with Gasteiger partial charge in [0.05, 0.1) is 26.2 Å². The summed E-state index contributed by atoms with van der Waals surface area (Å²) in [5.41, 5.74) is 2.78. The first-order chi connectivity index (χ1) is 13.9. The number of aromatic amines is 1. The molecule has 3 N–H and O–H groups in total. The number of aromatic nitrogens is 1. The standard InChI is InChI=1S/C23H36N4OS/c1-6-18(5)24-23(29)27(13-9-12-26(7-2)8-3)16-20-15-19-14-17(4)10-11-21(19)25-22(20)28/h10-11,14-15,18H,6-9,12-13,16H2,1-5H3,(H,24,29)(H,25,28)/p+1/t18-/m0/s1. The molecular formula is C23H37N4OS+. The topological polar surface area (TPSA) is 52.6 Å². The lowest BCUT2D eigenvalue weighted by Crippen LogP contribution is -3.11. The molecule has 0 fully saturated rings. The molecule has 0 aliphatic heterocycles. The molecule has 160 valence electrons. The molecule has 1 aromatic carbocycles. The maximum Gasteiger partial charge on any atom is 0.253 e. The van der Waals surface area contributed by atoms with Gasteiger partial charge in [0.25, 0.3) is 5.56 Å². The highest BCUT2D eigenvalue weighted by molar-refractivity contribution is 7.80. The Kier molecular flexibility index (Phi) is 9.11. The fourth-order valence-corrected chi connectivity index (χ4v) is 3.83. The van der Waals surface area contributed by atoms with Gasteiger partial charge in [-0.2, -0.15) is 0 Å². The molecule has 2 rings (SSSR count). The number of H-pyrrole nitrogens is 1. The molecule has 0 amide bonds. The molecule has 29 heavy (non-hydrogen) atoms. The normalized spacial score (nSPS) is 12.3. The van der Waals surface area contributed by atoms with Crippen LogP contribution in [0.3, 0.4) is 0 Å². The van der Waals surface area contributed by atoms with E-state index in [0.717, 1.165) is 60.6 Å². The number of hydrogen-bond donors (Lipinski definition) is 3. The summed E-state index contributed by atoms with van der Waals surface area (Å²) in [7, 11) is 0. The van der Waals surface area contributed by atoms with Crippen LogP contribution >= 0.6 is 12.2 Å². The summed E-state index contributed by atoms with van der Waals surface area (Å²) in [5.74, 6) is 0. The quantitative estimate of drug-likeness (QED) is 0.520. The van der Waals surface area contributed by atoms with Crippen LogP contribution in [0.4, 0.5) is 0 Å². The van der Waals surface area contributed by atoms with E-state index in [4.69, 9.17) is 12.2 Å². The van der Waals surface area contributed by atoms with Gasteiger partial charge in [-0.15, -0.1) is 0 Å². The van der Waals surface area contributed by atoms with Gasteiger partial charge in [-0.05, 0) is 69.9 Å². The van der Waals surface area contributed by atoms with Crippen molar-refractivity contribution in [2.75, 3.05) is 26.2 Å². The minimum Gasteiger partial charge on any atom is -0.360 e. The largest absolute Gasteiger partial charge is 0.360 e. The third-order valence-corrected chi connectivity index (χ3v) is 6.04. The van der Waals surface area contributed by atoms with E-state index in [1.165, 1.54) is 5.56 Å². The molecular weight excluding hydrogens is 380 g/mol. The van der Waals surface area contributed by atoms with E-state index >= 15 is 0 Å². The molecule has 0 bridgehead atoms. The number of fused-ring (bicyclic) bond motifs is 1. The Morgan fingerprint density at radius 2 is 1.97 bits per heavy atom. The molecule has 1 heterocycles. The van der Waals surface area contributed by atoms with Crippen LogP contribution in [0.1, 0.15) is 51.7 Å². The van der Waals surface area contributed by atoms with E-state index in [1.54, 1.807) is 4.90 Å². The Labute approximate surface area is 180 Å². The van der Waals surface area contributed by atoms with Gasteiger partial charge in [0.2, 0.25) is 0 Å². The molecule has 0 saturated carbocycles. The maximum atomic E-state index is 12.7. The van der Waals surface area contributed by atoms with Gasteiger partial charge < -0.3 is 20.1 Å². The molecule has 1 aromatic heterocycles. The van der Waals surface area contributed by atoms with Crippen LogP contribution in [-0.4, -0.2) is 47.2 Å². The molecule has 0 unspecified atom stereocenters. The summed E-state index contributed by atoms with van der Waals surface area (Å²) in [6, 6.07) is 8.42. The van der Waals surface area contributed by atoms with Crippen LogP contribution < -0.4 is 15.8 Å². The van der Waals surface area contributed by atoms with Crippen LogP contribution in [0.5, 0.6) is 0 Å². The average Bonchev–Trinajstić information content (AvgIpc) is 2.70. The molecule has 6 heteroatoms.